The highest BCUT2D eigenvalue weighted by molar-refractivity contribution is 7.98. The normalized spacial score (nSPS) is 17.9. The van der Waals surface area contributed by atoms with E-state index in [2.05, 4.69) is 21.8 Å². The van der Waals surface area contributed by atoms with E-state index in [1.165, 1.54) is 0 Å². The molecule has 2 aromatic rings. The number of aromatic nitrogens is 2. The molecular weight excluding hydrogens is 422 g/mol. The summed E-state index contributed by atoms with van der Waals surface area (Å²) in [6.07, 6.45) is 0. The smallest absolute Gasteiger partial charge is 0.254 e. The van der Waals surface area contributed by atoms with Crippen LogP contribution in [0.25, 0.3) is 0 Å². The van der Waals surface area contributed by atoms with Crippen LogP contribution in [0.2, 0.25) is 5.15 Å². The molecule has 0 radical (unpaired) electrons. The molecule has 0 spiro atoms. The molecule has 1 aromatic carbocycles. The summed E-state index contributed by atoms with van der Waals surface area (Å²) < 4.78 is 5.32. The number of carbonyl (C=O) groups is 1. The molecular formula is C21H26ClN5O2S. The van der Waals surface area contributed by atoms with Crippen molar-refractivity contribution in [1.29, 1.82) is 0 Å². The Hall–Kier alpha value is -1.87. The number of rotatable bonds is 5. The fourth-order valence-electron chi connectivity index (χ4n) is 3.49. The SMILES string of the molecule is CN1CCN(c2cc(Cl)nc(SCc3ccc(C(=O)N4CCOCC4)cc3)n2)CC1. The first kappa shape index (κ1) is 21.4. The molecule has 9 heteroatoms. The molecule has 0 bridgehead atoms. The Kier molecular flexibility index (Phi) is 7.09. The van der Waals surface area contributed by atoms with Gasteiger partial charge in [0.2, 0.25) is 0 Å². The predicted molar refractivity (Wildman–Crippen MR) is 119 cm³/mol. The molecule has 0 atom stereocenters. The van der Waals surface area contributed by atoms with E-state index in [1.54, 1.807) is 11.8 Å². The average molecular weight is 448 g/mol. The third kappa shape index (κ3) is 5.43. The van der Waals surface area contributed by atoms with Crippen LogP contribution in [-0.4, -0.2) is 85.2 Å². The van der Waals surface area contributed by atoms with Crippen LogP contribution in [0.1, 0.15) is 15.9 Å². The lowest BCUT2D eigenvalue weighted by Crippen LogP contribution is -2.44. The number of carbonyl (C=O) groups excluding carboxylic acids is 1. The number of amides is 1. The predicted octanol–water partition coefficient (Wildman–Crippen LogP) is 2.65. The molecule has 2 aliphatic rings. The topological polar surface area (TPSA) is 61.8 Å². The zero-order valence-electron chi connectivity index (χ0n) is 17.1. The van der Waals surface area contributed by atoms with E-state index in [0.717, 1.165) is 37.6 Å². The number of likely N-dealkylation sites (N-methyl/N-ethyl adjacent to an activating group) is 1. The van der Waals surface area contributed by atoms with Crippen molar-refractivity contribution in [1.82, 2.24) is 19.8 Å². The van der Waals surface area contributed by atoms with Gasteiger partial charge in [0.1, 0.15) is 11.0 Å². The molecule has 3 heterocycles. The fraction of sp³-hybridized carbons (Fsp3) is 0.476. The fourth-order valence-corrected chi connectivity index (χ4v) is 4.52. The molecule has 4 rings (SSSR count). The van der Waals surface area contributed by atoms with Crippen LogP contribution >= 0.6 is 23.4 Å². The largest absolute Gasteiger partial charge is 0.378 e. The molecule has 160 valence electrons. The Morgan fingerprint density at radius 1 is 1.07 bits per heavy atom. The van der Waals surface area contributed by atoms with Gasteiger partial charge in [-0.25, -0.2) is 9.97 Å². The van der Waals surface area contributed by atoms with Gasteiger partial charge < -0.3 is 19.4 Å². The summed E-state index contributed by atoms with van der Waals surface area (Å²) in [6.45, 7) is 6.42. The minimum atomic E-state index is 0.0625. The number of thioether (sulfide) groups is 1. The van der Waals surface area contributed by atoms with E-state index in [-0.39, 0.29) is 5.91 Å². The Morgan fingerprint density at radius 3 is 2.47 bits per heavy atom. The number of piperazine rings is 1. The van der Waals surface area contributed by atoms with Crippen molar-refractivity contribution in [2.45, 2.75) is 10.9 Å². The van der Waals surface area contributed by atoms with E-state index in [9.17, 15) is 4.79 Å². The van der Waals surface area contributed by atoms with Gasteiger partial charge in [0.15, 0.2) is 5.16 Å². The van der Waals surface area contributed by atoms with Crippen molar-refractivity contribution >= 4 is 35.1 Å². The molecule has 30 heavy (non-hydrogen) atoms. The molecule has 2 aliphatic heterocycles. The summed E-state index contributed by atoms with van der Waals surface area (Å²) in [5, 5.41) is 1.14. The van der Waals surface area contributed by atoms with Gasteiger partial charge in [0.05, 0.1) is 13.2 Å². The summed E-state index contributed by atoms with van der Waals surface area (Å²) in [5.41, 5.74) is 1.82. The molecule has 0 aliphatic carbocycles. The third-order valence-electron chi connectivity index (χ3n) is 5.36. The van der Waals surface area contributed by atoms with Crippen molar-refractivity contribution in [3.8, 4) is 0 Å². The first-order chi connectivity index (χ1) is 14.6. The van der Waals surface area contributed by atoms with Crippen molar-refractivity contribution in [2.75, 3.05) is 64.4 Å². The van der Waals surface area contributed by atoms with Gasteiger partial charge in [0, 0.05) is 56.7 Å². The monoisotopic (exact) mass is 447 g/mol. The number of nitrogens with zero attached hydrogens (tertiary/aromatic N) is 5. The molecule has 2 fully saturated rings. The lowest BCUT2D eigenvalue weighted by Gasteiger charge is -2.33. The first-order valence-corrected chi connectivity index (χ1v) is 11.5. The van der Waals surface area contributed by atoms with Crippen molar-refractivity contribution < 1.29 is 9.53 Å². The second kappa shape index (κ2) is 9.96. The minimum absolute atomic E-state index is 0.0625. The third-order valence-corrected chi connectivity index (χ3v) is 6.47. The first-order valence-electron chi connectivity index (χ1n) is 10.2. The molecule has 0 N–H and O–H groups in total. The molecule has 1 aromatic heterocycles. The highest BCUT2D eigenvalue weighted by Crippen LogP contribution is 2.25. The van der Waals surface area contributed by atoms with Gasteiger partial charge in [-0.15, -0.1) is 0 Å². The summed E-state index contributed by atoms with van der Waals surface area (Å²) in [5.74, 6) is 1.67. The van der Waals surface area contributed by atoms with Crippen LogP contribution in [0, 0.1) is 0 Å². The number of benzene rings is 1. The van der Waals surface area contributed by atoms with E-state index >= 15 is 0 Å². The number of hydrogen-bond donors (Lipinski definition) is 0. The van der Waals surface area contributed by atoms with Crippen LogP contribution in [0.4, 0.5) is 5.82 Å². The van der Waals surface area contributed by atoms with Crippen molar-refractivity contribution in [3.05, 3.63) is 46.6 Å². The number of morpholine rings is 1. The molecule has 0 unspecified atom stereocenters. The van der Waals surface area contributed by atoms with Gasteiger partial charge in [-0.1, -0.05) is 35.5 Å². The molecule has 7 nitrogen and oxygen atoms in total. The summed E-state index contributed by atoms with van der Waals surface area (Å²) in [7, 11) is 2.13. The zero-order valence-corrected chi connectivity index (χ0v) is 18.7. The average Bonchev–Trinajstić information content (AvgIpc) is 2.78. The Balaban J connectivity index is 1.36. The lowest BCUT2D eigenvalue weighted by molar-refractivity contribution is 0.0303. The van der Waals surface area contributed by atoms with Crippen LogP contribution < -0.4 is 4.90 Å². The highest BCUT2D eigenvalue weighted by Gasteiger charge is 2.19. The van der Waals surface area contributed by atoms with Gasteiger partial charge in [-0.05, 0) is 24.7 Å². The van der Waals surface area contributed by atoms with Gasteiger partial charge in [-0.3, -0.25) is 4.79 Å². The van der Waals surface area contributed by atoms with Crippen molar-refractivity contribution in [3.63, 3.8) is 0 Å². The standard InChI is InChI=1S/C21H26ClN5O2S/c1-25-6-8-26(9-7-25)19-14-18(22)23-21(24-19)30-15-16-2-4-17(5-3-16)20(28)27-10-12-29-13-11-27/h2-5,14H,6-13,15H2,1H3. The number of halogens is 1. The van der Waals surface area contributed by atoms with Gasteiger partial charge >= 0.3 is 0 Å². The molecule has 1 amide bonds. The highest BCUT2D eigenvalue weighted by atomic mass is 35.5. The second-order valence-corrected chi connectivity index (χ2v) is 8.84. The Morgan fingerprint density at radius 2 is 1.77 bits per heavy atom. The van der Waals surface area contributed by atoms with E-state index in [4.69, 9.17) is 21.3 Å². The lowest BCUT2D eigenvalue weighted by atomic mass is 10.1. The Bertz CT molecular complexity index is 868. The number of anilines is 1. The molecule has 2 saturated heterocycles. The summed E-state index contributed by atoms with van der Waals surface area (Å²) >= 11 is 7.81. The van der Waals surface area contributed by atoms with Crippen LogP contribution in [-0.2, 0) is 10.5 Å². The van der Waals surface area contributed by atoms with Crippen molar-refractivity contribution in [2.24, 2.45) is 0 Å². The van der Waals surface area contributed by atoms with E-state index < -0.39 is 0 Å². The molecule has 0 saturated carbocycles. The van der Waals surface area contributed by atoms with E-state index in [1.807, 2.05) is 35.2 Å². The summed E-state index contributed by atoms with van der Waals surface area (Å²) in [6, 6.07) is 9.60. The van der Waals surface area contributed by atoms with E-state index in [0.29, 0.717) is 47.9 Å². The number of ether oxygens (including phenoxy) is 1. The van der Waals surface area contributed by atoms with Gasteiger partial charge in [-0.2, -0.15) is 0 Å². The maximum Gasteiger partial charge on any atom is 0.254 e. The van der Waals surface area contributed by atoms with Crippen LogP contribution in [0.3, 0.4) is 0 Å². The van der Waals surface area contributed by atoms with Crippen LogP contribution in [0.5, 0.6) is 0 Å². The quantitative estimate of drug-likeness (QED) is 0.396. The van der Waals surface area contributed by atoms with Gasteiger partial charge in [0.25, 0.3) is 5.91 Å². The number of hydrogen-bond acceptors (Lipinski definition) is 7. The zero-order chi connectivity index (χ0) is 20.9. The Labute approximate surface area is 186 Å². The minimum Gasteiger partial charge on any atom is -0.378 e. The maximum atomic E-state index is 12.6. The maximum absolute atomic E-state index is 12.6. The van der Waals surface area contributed by atoms with Crippen LogP contribution in [0.15, 0.2) is 35.5 Å². The second-order valence-electron chi connectivity index (χ2n) is 7.51. The summed E-state index contributed by atoms with van der Waals surface area (Å²) in [4.78, 5) is 28.0.